The molecule has 2 aliphatic rings. The summed E-state index contributed by atoms with van der Waals surface area (Å²) in [6, 6.07) is 9.68. The van der Waals surface area contributed by atoms with Gasteiger partial charge in [0.05, 0.1) is 23.0 Å². The second-order valence-electron chi connectivity index (χ2n) is 7.95. The van der Waals surface area contributed by atoms with E-state index in [1.54, 1.807) is 18.2 Å². The van der Waals surface area contributed by atoms with Crippen LogP contribution in [-0.2, 0) is 19.6 Å². The molecule has 31 heavy (non-hydrogen) atoms. The molecule has 0 aromatic heterocycles. The summed E-state index contributed by atoms with van der Waals surface area (Å²) in [7, 11) is -3.62. The highest BCUT2D eigenvalue weighted by Gasteiger charge is 2.44. The van der Waals surface area contributed by atoms with Crippen molar-refractivity contribution >= 4 is 27.5 Å². The first-order valence-corrected chi connectivity index (χ1v) is 11.6. The van der Waals surface area contributed by atoms with Crippen molar-refractivity contribution in [1.29, 1.82) is 0 Å². The molecule has 2 aliphatic heterocycles. The first-order chi connectivity index (χ1) is 14.7. The Labute approximate surface area is 181 Å². The number of hydrogen-bond donors (Lipinski definition) is 0. The van der Waals surface area contributed by atoms with E-state index in [9.17, 15) is 22.4 Å². The summed E-state index contributed by atoms with van der Waals surface area (Å²) in [5.41, 5.74) is 2.28. The molecule has 1 atom stereocenters. The Morgan fingerprint density at radius 3 is 2.16 bits per heavy atom. The number of carbonyl (C=O) groups is 2. The highest BCUT2D eigenvalue weighted by molar-refractivity contribution is 7.89. The highest BCUT2D eigenvalue weighted by atomic mass is 32.2. The summed E-state index contributed by atoms with van der Waals surface area (Å²) >= 11 is 0. The Hall–Kier alpha value is -2.62. The summed E-state index contributed by atoms with van der Waals surface area (Å²) in [5, 5.41) is 0. The van der Waals surface area contributed by atoms with Crippen molar-refractivity contribution in [2.24, 2.45) is 0 Å². The first-order valence-electron chi connectivity index (χ1n) is 10.1. The molecule has 0 saturated carbocycles. The maximum absolute atomic E-state index is 13.2. The van der Waals surface area contributed by atoms with Crippen molar-refractivity contribution in [2.75, 3.05) is 31.1 Å². The van der Waals surface area contributed by atoms with Gasteiger partial charge in [-0.3, -0.25) is 14.5 Å². The quantitative estimate of drug-likeness (QED) is 0.674. The zero-order valence-electron chi connectivity index (χ0n) is 17.4. The van der Waals surface area contributed by atoms with Crippen molar-refractivity contribution < 1.29 is 22.4 Å². The SMILES string of the molecule is Cc1ccc(S(=O)(=O)N2CCN([C@@H]3CC(=O)N(c4ccc(F)cc4)C3=O)CC2)cc1C. The number of benzene rings is 2. The lowest BCUT2D eigenvalue weighted by atomic mass is 10.1. The van der Waals surface area contributed by atoms with Crippen LogP contribution in [0.1, 0.15) is 17.5 Å². The number of halogens is 1. The summed E-state index contributed by atoms with van der Waals surface area (Å²) < 4.78 is 40.6. The van der Waals surface area contributed by atoms with Crippen molar-refractivity contribution in [3.05, 3.63) is 59.4 Å². The van der Waals surface area contributed by atoms with E-state index < -0.39 is 21.9 Å². The van der Waals surface area contributed by atoms with E-state index in [0.717, 1.165) is 16.0 Å². The molecule has 7 nitrogen and oxygen atoms in total. The van der Waals surface area contributed by atoms with Gasteiger partial charge in [0.1, 0.15) is 5.82 Å². The predicted molar refractivity (Wildman–Crippen MR) is 114 cm³/mol. The van der Waals surface area contributed by atoms with E-state index >= 15 is 0 Å². The zero-order chi connectivity index (χ0) is 22.3. The average Bonchev–Trinajstić information content (AvgIpc) is 3.05. The number of piperazine rings is 1. The van der Waals surface area contributed by atoms with Gasteiger partial charge in [0, 0.05) is 26.2 Å². The van der Waals surface area contributed by atoms with E-state index in [1.165, 1.54) is 28.6 Å². The fourth-order valence-corrected chi connectivity index (χ4v) is 5.55. The molecule has 0 aliphatic carbocycles. The van der Waals surface area contributed by atoms with Crippen LogP contribution in [-0.4, -0.2) is 61.7 Å². The molecule has 2 amide bonds. The summed E-state index contributed by atoms with van der Waals surface area (Å²) in [6.45, 7) is 4.99. The number of sulfonamides is 1. The van der Waals surface area contributed by atoms with Crippen LogP contribution in [0, 0.1) is 19.7 Å². The topological polar surface area (TPSA) is 78.0 Å². The molecule has 0 radical (unpaired) electrons. The number of aryl methyl sites for hydroxylation is 2. The van der Waals surface area contributed by atoms with Gasteiger partial charge in [0.25, 0.3) is 5.91 Å². The molecular weight excluding hydrogens is 421 g/mol. The number of amides is 2. The summed E-state index contributed by atoms with van der Waals surface area (Å²) in [5.74, 6) is -1.14. The average molecular weight is 446 g/mol. The van der Waals surface area contributed by atoms with Gasteiger partial charge in [-0.25, -0.2) is 17.7 Å². The normalized spacial score (nSPS) is 21.1. The summed E-state index contributed by atoms with van der Waals surface area (Å²) in [4.78, 5) is 28.6. The number of hydrogen-bond acceptors (Lipinski definition) is 5. The Morgan fingerprint density at radius 1 is 0.903 bits per heavy atom. The molecule has 9 heteroatoms. The van der Waals surface area contributed by atoms with Gasteiger partial charge in [-0.15, -0.1) is 0 Å². The maximum atomic E-state index is 13.2. The molecular formula is C22H24FN3O4S. The van der Waals surface area contributed by atoms with E-state index in [0.29, 0.717) is 18.8 Å². The molecule has 2 aromatic carbocycles. The van der Waals surface area contributed by atoms with E-state index in [2.05, 4.69) is 0 Å². The van der Waals surface area contributed by atoms with E-state index in [4.69, 9.17) is 0 Å². The van der Waals surface area contributed by atoms with Gasteiger partial charge in [-0.1, -0.05) is 6.07 Å². The van der Waals surface area contributed by atoms with Crippen molar-refractivity contribution in [1.82, 2.24) is 9.21 Å². The zero-order valence-corrected chi connectivity index (χ0v) is 18.2. The Kier molecular flexibility index (Phi) is 5.67. The lowest BCUT2D eigenvalue weighted by molar-refractivity contribution is -0.123. The molecule has 2 heterocycles. The van der Waals surface area contributed by atoms with Gasteiger partial charge in [0.2, 0.25) is 15.9 Å². The van der Waals surface area contributed by atoms with Crippen LogP contribution in [0.4, 0.5) is 10.1 Å². The molecule has 2 saturated heterocycles. The third-order valence-corrected chi connectivity index (χ3v) is 7.93. The largest absolute Gasteiger partial charge is 0.289 e. The Morgan fingerprint density at radius 2 is 1.55 bits per heavy atom. The maximum Gasteiger partial charge on any atom is 0.251 e. The van der Waals surface area contributed by atoms with Crippen molar-refractivity contribution in [3.8, 4) is 0 Å². The lowest BCUT2D eigenvalue weighted by Gasteiger charge is -2.36. The van der Waals surface area contributed by atoms with Crippen LogP contribution in [0.5, 0.6) is 0 Å². The standard InChI is InChI=1S/C22H24FN3O4S/c1-15-3-8-19(13-16(15)2)31(29,30)25-11-9-24(10-12-25)20-14-21(27)26(22(20)28)18-6-4-17(23)5-7-18/h3-8,13,20H,9-12,14H2,1-2H3/t20-/m1/s1. The number of rotatable bonds is 4. The molecule has 0 N–H and O–H groups in total. The summed E-state index contributed by atoms with van der Waals surface area (Å²) in [6.07, 6.45) is 0.0279. The van der Waals surface area contributed by atoms with Crippen molar-refractivity contribution in [2.45, 2.75) is 31.2 Å². The fourth-order valence-electron chi connectivity index (χ4n) is 4.04. The Bertz CT molecular complexity index is 1130. The van der Waals surface area contributed by atoms with Crippen LogP contribution in [0.25, 0.3) is 0 Å². The molecule has 2 fully saturated rings. The van der Waals surface area contributed by atoms with Gasteiger partial charge in [-0.05, 0) is 61.4 Å². The monoisotopic (exact) mass is 445 g/mol. The lowest BCUT2D eigenvalue weighted by Crippen LogP contribution is -2.53. The van der Waals surface area contributed by atoms with Gasteiger partial charge >= 0.3 is 0 Å². The highest BCUT2D eigenvalue weighted by Crippen LogP contribution is 2.27. The van der Waals surface area contributed by atoms with E-state index in [-0.39, 0.29) is 36.2 Å². The minimum atomic E-state index is -3.62. The third-order valence-electron chi connectivity index (χ3n) is 6.04. The second kappa shape index (κ2) is 8.14. The minimum Gasteiger partial charge on any atom is -0.289 e. The number of anilines is 1. The van der Waals surface area contributed by atoms with E-state index in [1.807, 2.05) is 18.7 Å². The number of imide groups is 1. The van der Waals surface area contributed by atoms with Crippen LogP contribution < -0.4 is 4.90 Å². The van der Waals surface area contributed by atoms with Crippen LogP contribution in [0.15, 0.2) is 47.4 Å². The molecule has 164 valence electrons. The molecule has 2 aromatic rings. The molecule has 0 bridgehead atoms. The predicted octanol–water partition coefficient (Wildman–Crippen LogP) is 2.08. The van der Waals surface area contributed by atoms with Gasteiger partial charge < -0.3 is 0 Å². The van der Waals surface area contributed by atoms with Gasteiger partial charge in [-0.2, -0.15) is 4.31 Å². The first kappa shape index (κ1) is 21.6. The minimum absolute atomic E-state index is 0.0279. The molecule has 0 spiro atoms. The molecule has 0 unspecified atom stereocenters. The van der Waals surface area contributed by atoms with Crippen molar-refractivity contribution in [3.63, 3.8) is 0 Å². The smallest absolute Gasteiger partial charge is 0.251 e. The molecule has 4 rings (SSSR count). The third kappa shape index (κ3) is 4.00. The van der Waals surface area contributed by atoms with Crippen LogP contribution in [0.2, 0.25) is 0 Å². The van der Waals surface area contributed by atoms with Gasteiger partial charge in [0.15, 0.2) is 0 Å². The van der Waals surface area contributed by atoms with Crippen LogP contribution >= 0.6 is 0 Å². The number of nitrogens with zero attached hydrogens (tertiary/aromatic N) is 3. The fraction of sp³-hybridized carbons (Fsp3) is 0.364. The second-order valence-corrected chi connectivity index (χ2v) is 9.89. The Balaban J connectivity index is 1.45. The van der Waals surface area contributed by atoms with Crippen LogP contribution in [0.3, 0.4) is 0 Å². The number of carbonyl (C=O) groups excluding carboxylic acids is 2.